The quantitative estimate of drug-likeness (QED) is 0.544. The third-order valence-corrected chi connectivity index (χ3v) is 3.86. The molecule has 1 atom stereocenters. The molecular weight excluding hydrogens is 278 g/mol. The van der Waals surface area contributed by atoms with Crippen LogP contribution in [0, 0.1) is 6.92 Å². The molecule has 0 amide bonds. The first-order valence-corrected chi connectivity index (χ1v) is 6.74. The van der Waals surface area contributed by atoms with Crippen LogP contribution in [0.2, 0.25) is 0 Å². The van der Waals surface area contributed by atoms with Crippen molar-refractivity contribution in [2.75, 3.05) is 13.2 Å². The molecule has 8 nitrogen and oxygen atoms in total. The molecule has 1 rings (SSSR count). The van der Waals surface area contributed by atoms with Gasteiger partial charge in [0.1, 0.15) is 10.7 Å². The number of hydrogen-bond acceptors (Lipinski definition) is 6. The predicted molar refractivity (Wildman–Crippen MR) is 63.3 cm³/mol. The van der Waals surface area contributed by atoms with E-state index in [0.717, 1.165) is 6.07 Å². The molecule has 1 aromatic heterocycles. The summed E-state index contributed by atoms with van der Waals surface area (Å²) in [6, 6.07) is 0.883. The van der Waals surface area contributed by atoms with Gasteiger partial charge in [0.05, 0.1) is 12.2 Å². The molecule has 0 saturated heterocycles. The summed E-state index contributed by atoms with van der Waals surface area (Å²) in [6.07, 6.45) is 0. The number of hydrogen-bond donors (Lipinski definition) is 4. The number of aryl methyl sites for hydroxylation is 1. The highest BCUT2D eigenvalue weighted by Gasteiger charge is 2.27. The van der Waals surface area contributed by atoms with Crippen molar-refractivity contribution in [3.63, 3.8) is 0 Å². The number of furan rings is 1. The van der Waals surface area contributed by atoms with Crippen molar-refractivity contribution in [2.24, 2.45) is 0 Å². The average Bonchev–Trinajstić information content (AvgIpc) is 2.70. The number of carboxylic acid groups (broad SMARTS) is 1. The van der Waals surface area contributed by atoms with E-state index in [2.05, 4.69) is 4.72 Å². The van der Waals surface area contributed by atoms with Gasteiger partial charge in [0.15, 0.2) is 0 Å². The Bertz CT molecular complexity index is 573. The lowest BCUT2D eigenvalue weighted by Crippen LogP contribution is -2.43. The molecule has 19 heavy (non-hydrogen) atoms. The number of aliphatic hydroxyl groups is 2. The van der Waals surface area contributed by atoms with Gasteiger partial charge < -0.3 is 19.7 Å². The summed E-state index contributed by atoms with van der Waals surface area (Å²) in [5.41, 5.74) is -1.61. The highest BCUT2D eigenvalue weighted by molar-refractivity contribution is 7.89. The number of carboxylic acids is 1. The minimum atomic E-state index is -4.03. The summed E-state index contributed by atoms with van der Waals surface area (Å²) in [5.74, 6) is -1.95. The predicted octanol–water partition coefficient (Wildman–Crippen LogP) is -0.692. The SMILES string of the molecule is Cc1oc(C(=O)O)cc1S(=O)(=O)NCC(C)(O)CO. The van der Waals surface area contributed by atoms with Crippen molar-refractivity contribution < 1.29 is 32.9 Å². The van der Waals surface area contributed by atoms with E-state index in [1.807, 2.05) is 0 Å². The lowest BCUT2D eigenvalue weighted by atomic mass is 10.1. The Morgan fingerprint density at radius 3 is 2.53 bits per heavy atom. The molecule has 0 fully saturated rings. The molecule has 0 aromatic carbocycles. The molecule has 0 aliphatic carbocycles. The number of rotatable bonds is 6. The second-order valence-corrected chi connectivity index (χ2v) is 6.05. The average molecular weight is 293 g/mol. The fourth-order valence-electron chi connectivity index (χ4n) is 1.22. The van der Waals surface area contributed by atoms with Gasteiger partial charge in [0.25, 0.3) is 0 Å². The zero-order chi connectivity index (χ0) is 14.8. The largest absolute Gasteiger partial charge is 0.475 e. The highest BCUT2D eigenvalue weighted by atomic mass is 32.2. The Morgan fingerprint density at radius 1 is 1.53 bits per heavy atom. The summed E-state index contributed by atoms with van der Waals surface area (Å²) >= 11 is 0. The van der Waals surface area contributed by atoms with Gasteiger partial charge in [0, 0.05) is 12.6 Å². The smallest absolute Gasteiger partial charge is 0.371 e. The van der Waals surface area contributed by atoms with Gasteiger partial charge in [-0.1, -0.05) is 0 Å². The van der Waals surface area contributed by atoms with Crippen LogP contribution in [0.15, 0.2) is 15.4 Å². The van der Waals surface area contributed by atoms with Gasteiger partial charge in [-0.3, -0.25) is 0 Å². The highest BCUT2D eigenvalue weighted by Crippen LogP contribution is 2.20. The van der Waals surface area contributed by atoms with Crippen molar-refractivity contribution in [3.05, 3.63) is 17.6 Å². The van der Waals surface area contributed by atoms with Crippen molar-refractivity contribution in [1.29, 1.82) is 0 Å². The van der Waals surface area contributed by atoms with Gasteiger partial charge in [-0.05, 0) is 13.8 Å². The van der Waals surface area contributed by atoms with Gasteiger partial charge in [-0.15, -0.1) is 0 Å². The van der Waals surface area contributed by atoms with E-state index in [0.29, 0.717) is 0 Å². The molecule has 0 aliphatic heterocycles. The standard InChI is InChI=1S/C10H15NO7S/c1-6-8(3-7(18-6)9(13)14)19(16,17)11-4-10(2,15)5-12/h3,11-12,15H,4-5H2,1-2H3,(H,13,14). The van der Waals surface area contributed by atoms with Gasteiger partial charge in [-0.25, -0.2) is 17.9 Å². The number of nitrogens with one attached hydrogen (secondary N) is 1. The zero-order valence-corrected chi connectivity index (χ0v) is 11.2. The molecule has 4 N–H and O–H groups in total. The van der Waals surface area contributed by atoms with Crippen LogP contribution in [0.25, 0.3) is 0 Å². The molecule has 0 aliphatic rings. The minimum Gasteiger partial charge on any atom is -0.475 e. The van der Waals surface area contributed by atoms with Crippen LogP contribution in [-0.4, -0.2) is 48.5 Å². The maximum Gasteiger partial charge on any atom is 0.371 e. The van der Waals surface area contributed by atoms with Crippen LogP contribution in [0.3, 0.4) is 0 Å². The van der Waals surface area contributed by atoms with E-state index in [1.54, 1.807) is 0 Å². The third kappa shape index (κ3) is 3.77. The molecule has 0 bridgehead atoms. The second-order valence-electron chi connectivity index (χ2n) is 4.32. The Morgan fingerprint density at radius 2 is 2.11 bits per heavy atom. The van der Waals surface area contributed by atoms with Gasteiger partial charge in [-0.2, -0.15) is 0 Å². The van der Waals surface area contributed by atoms with E-state index < -0.39 is 40.5 Å². The Hall–Kier alpha value is -1.42. The summed E-state index contributed by atoms with van der Waals surface area (Å²) < 4.78 is 30.6. The summed E-state index contributed by atoms with van der Waals surface area (Å²) in [5, 5.41) is 27.0. The lowest BCUT2D eigenvalue weighted by molar-refractivity contribution is 0.00680. The lowest BCUT2D eigenvalue weighted by Gasteiger charge is -2.20. The van der Waals surface area contributed by atoms with Crippen LogP contribution < -0.4 is 4.72 Å². The fourth-order valence-corrected chi connectivity index (χ4v) is 2.56. The molecule has 1 aromatic rings. The number of aromatic carboxylic acids is 1. The fraction of sp³-hybridized carbons (Fsp3) is 0.500. The van der Waals surface area contributed by atoms with Gasteiger partial charge in [0.2, 0.25) is 15.8 Å². The molecule has 0 saturated carbocycles. The molecule has 1 heterocycles. The Balaban J connectivity index is 2.98. The topological polar surface area (TPSA) is 137 Å². The number of sulfonamides is 1. The van der Waals surface area contributed by atoms with Crippen molar-refractivity contribution in [3.8, 4) is 0 Å². The van der Waals surface area contributed by atoms with E-state index in [9.17, 15) is 18.3 Å². The second kappa shape index (κ2) is 5.29. The molecule has 1 unspecified atom stereocenters. The monoisotopic (exact) mass is 293 g/mol. The first kappa shape index (κ1) is 15.6. The first-order chi connectivity index (χ1) is 8.59. The molecule has 0 spiro atoms. The Kier molecular flexibility index (Phi) is 4.35. The maximum atomic E-state index is 11.9. The molecule has 108 valence electrons. The van der Waals surface area contributed by atoms with Crippen molar-refractivity contribution in [1.82, 2.24) is 4.72 Å². The van der Waals surface area contributed by atoms with Crippen LogP contribution in [0.1, 0.15) is 23.2 Å². The summed E-state index contributed by atoms with van der Waals surface area (Å²) in [4.78, 5) is 10.4. The summed E-state index contributed by atoms with van der Waals surface area (Å²) in [6.45, 7) is 1.52. The van der Waals surface area contributed by atoms with Crippen molar-refractivity contribution >= 4 is 16.0 Å². The molecule has 0 radical (unpaired) electrons. The van der Waals surface area contributed by atoms with E-state index in [4.69, 9.17) is 14.6 Å². The normalized spacial score (nSPS) is 15.2. The van der Waals surface area contributed by atoms with Crippen molar-refractivity contribution in [2.45, 2.75) is 24.3 Å². The van der Waals surface area contributed by atoms with Crippen LogP contribution >= 0.6 is 0 Å². The first-order valence-electron chi connectivity index (χ1n) is 5.26. The van der Waals surface area contributed by atoms with Crippen LogP contribution in [0.5, 0.6) is 0 Å². The number of aliphatic hydroxyl groups excluding tert-OH is 1. The van der Waals surface area contributed by atoms with E-state index in [1.165, 1.54) is 13.8 Å². The van der Waals surface area contributed by atoms with Gasteiger partial charge >= 0.3 is 5.97 Å². The Labute approximate surface area is 109 Å². The third-order valence-electron chi connectivity index (χ3n) is 2.36. The molecule has 9 heteroatoms. The van der Waals surface area contributed by atoms with E-state index >= 15 is 0 Å². The van der Waals surface area contributed by atoms with E-state index in [-0.39, 0.29) is 10.7 Å². The maximum absolute atomic E-state index is 11.9. The molecular formula is C10H15NO7S. The minimum absolute atomic E-state index is 0.0754. The summed E-state index contributed by atoms with van der Waals surface area (Å²) in [7, 11) is -4.03. The van der Waals surface area contributed by atoms with Crippen LogP contribution in [-0.2, 0) is 10.0 Å². The number of carbonyl (C=O) groups is 1. The zero-order valence-electron chi connectivity index (χ0n) is 10.4. The van der Waals surface area contributed by atoms with Crippen LogP contribution in [0.4, 0.5) is 0 Å².